The van der Waals surface area contributed by atoms with Crippen LogP contribution in [0.2, 0.25) is 0 Å². The van der Waals surface area contributed by atoms with Crippen LogP contribution in [-0.2, 0) is 0 Å². The molecule has 2 nitrogen and oxygen atoms in total. The summed E-state index contributed by atoms with van der Waals surface area (Å²) in [4.78, 5) is 2.50. The van der Waals surface area contributed by atoms with Gasteiger partial charge in [0.05, 0.1) is 6.61 Å². The van der Waals surface area contributed by atoms with Crippen molar-refractivity contribution < 1.29 is 4.74 Å². The van der Waals surface area contributed by atoms with E-state index in [1.807, 2.05) is 0 Å². The van der Waals surface area contributed by atoms with Crippen molar-refractivity contribution >= 4 is 5.69 Å². The lowest BCUT2D eigenvalue weighted by Crippen LogP contribution is -2.24. The SMILES string of the molecule is CCCC(CCC)COc1cccc(N(CC)C2CC2)c1. The van der Waals surface area contributed by atoms with E-state index < -0.39 is 0 Å². The van der Waals surface area contributed by atoms with E-state index in [0.717, 1.165) is 24.9 Å². The van der Waals surface area contributed by atoms with Gasteiger partial charge in [-0.1, -0.05) is 32.8 Å². The van der Waals surface area contributed by atoms with Gasteiger partial charge in [0.1, 0.15) is 5.75 Å². The minimum absolute atomic E-state index is 0.703. The van der Waals surface area contributed by atoms with Crippen LogP contribution in [0.5, 0.6) is 5.75 Å². The van der Waals surface area contributed by atoms with E-state index in [1.165, 1.54) is 44.2 Å². The summed E-state index contributed by atoms with van der Waals surface area (Å²) < 4.78 is 6.08. The minimum Gasteiger partial charge on any atom is -0.493 e. The number of anilines is 1. The summed E-state index contributed by atoms with van der Waals surface area (Å²) in [5, 5.41) is 0. The third-order valence-corrected chi connectivity index (χ3v) is 4.36. The van der Waals surface area contributed by atoms with E-state index in [0.29, 0.717) is 5.92 Å². The van der Waals surface area contributed by atoms with Crippen LogP contribution >= 0.6 is 0 Å². The summed E-state index contributed by atoms with van der Waals surface area (Å²) in [6.45, 7) is 8.71. The van der Waals surface area contributed by atoms with Crippen molar-refractivity contribution in [3.05, 3.63) is 24.3 Å². The molecule has 0 amide bonds. The lowest BCUT2D eigenvalue weighted by atomic mass is 9.99. The highest BCUT2D eigenvalue weighted by Crippen LogP contribution is 2.33. The summed E-state index contributed by atoms with van der Waals surface area (Å²) >= 11 is 0. The molecule has 2 heteroatoms. The van der Waals surface area contributed by atoms with Crippen LogP contribution < -0.4 is 9.64 Å². The maximum absolute atomic E-state index is 6.08. The normalized spacial score (nSPS) is 14.5. The number of hydrogen-bond donors (Lipinski definition) is 0. The number of nitrogens with zero attached hydrogens (tertiary/aromatic N) is 1. The van der Waals surface area contributed by atoms with Gasteiger partial charge in [-0.05, 0) is 50.7 Å². The third kappa shape index (κ3) is 4.94. The Morgan fingerprint density at radius 1 is 1.14 bits per heavy atom. The lowest BCUT2D eigenvalue weighted by molar-refractivity contribution is 0.230. The van der Waals surface area contributed by atoms with E-state index in [-0.39, 0.29) is 0 Å². The fourth-order valence-electron chi connectivity index (χ4n) is 3.13. The van der Waals surface area contributed by atoms with Gasteiger partial charge in [0.2, 0.25) is 0 Å². The Bertz CT molecular complexity index is 408. The highest BCUT2D eigenvalue weighted by molar-refractivity contribution is 5.52. The van der Waals surface area contributed by atoms with Gasteiger partial charge >= 0.3 is 0 Å². The van der Waals surface area contributed by atoms with Gasteiger partial charge in [0.25, 0.3) is 0 Å². The summed E-state index contributed by atoms with van der Waals surface area (Å²) in [6, 6.07) is 9.42. The molecule has 21 heavy (non-hydrogen) atoms. The minimum atomic E-state index is 0.703. The zero-order valence-electron chi connectivity index (χ0n) is 14.0. The molecule has 1 aromatic carbocycles. The van der Waals surface area contributed by atoms with Gasteiger partial charge in [-0.15, -0.1) is 0 Å². The Labute approximate surface area is 130 Å². The Hall–Kier alpha value is -1.18. The molecule has 1 aliphatic rings. The van der Waals surface area contributed by atoms with Crippen LogP contribution in [0, 0.1) is 5.92 Å². The standard InChI is InChI=1S/C19H31NO/c1-4-8-16(9-5-2)15-21-19-11-7-10-18(14-19)20(6-3)17-12-13-17/h7,10-11,14,16-17H,4-6,8-9,12-13,15H2,1-3H3. The molecule has 2 rings (SSSR count). The molecule has 0 heterocycles. The molecular formula is C19H31NO. The number of ether oxygens (including phenoxy) is 1. The van der Waals surface area contributed by atoms with E-state index in [2.05, 4.69) is 49.9 Å². The molecule has 0 bridgehead atoms. The maximum Gasteiger partial charge on any atom is 0.121 e. The molecule has 118 valence electrons. The van der Waals surface area contributed by atoms with E-state index in [9.17, 15) is 0 Å². The zero-order chi connectivity index (χ0) is 15.1. The van der Waals surface area contributed by atoms with Gasteiger partial charge < -0.3 is 9.64 Å². The summed E-state index contributed by atoms with van der Waals surface area (Å²) in [7, 11) is 0. The average molecular weight is 289 g/mol. The second kappa shape index (κ2) is 8.31. The Morgan fingerprint density at radius 2 is 1.86 bits per heavy atom. The molecule has 0 radical (unpaired) electrons. The van der Waals surface area contributed by atoms with Crippen LogP contribution in [0.4, 0.5) is 5.69 Å². The maximum atomic E-state index is 6.08. The smallest absolute Gasteiger partial charge is 0.121 e. The average Bonchev–Trinajstić information content (AvgIpc) is 3.31. The van der Waals surface area contributed by atoms with Crippen LogP contribution in [0.3, 0.4) is 0 Å². The molecule has 1 fully saturated rings. The first-order valence-corrected chi connectivity index (χ1v) is 8.77. The fraction of sp³-hybridized carbons (Fsp3) is 0.684. The second-order valence-electron chi connectivity index (χ2n) is 6.27. The molecule has 0 unspecified atom stereocenters. The molecule has 1 aliphatic carbocycles. The Morgan fingerprint density at radius 3 is 2.43 bits per heavy atom. The van der Waals surface area contributed by atoms with Crippen LogP contribution in [0.15, 0.2) is 24.3 Å². The molecule has 0 spiro atoms. The number of benzene rings is 1. The summed E-state index contributed by atoms with van der Waals surface area (Å²) in [5.41, 5.74) is 1.32. The molecule has 0 N–H and O–H groups in total. The van der Waals surface area contributed by atoms with Crippen LogP contribution in [0.1, 0.15) is 59.3 Å². The largest absolute Gasteiger partial charge is 0.493 e. The molecule has 0 atom stereocenters. The predicted molar refractivity (Wildman–Crippen MR) is 91.3 cm³/mol. The summed E-state index contributed by atoms with van der Waals surface area (Å²) in [6.07, 6.45) is 7.73. The van der Waals surface area contributed by atoms with Gasteiger partial charge in [-0.2, -0.15) is 0 Å². The third-order valence-electron chi connectivity index (χ3n) is 4.36. The molecule has 0 saturated heterocycles. The van der Waals surface area contributed by atoms with Crippen molar-refractivity contribution in [1.82, 2.24) is 0 Å². The van der Waals surface area contributed by atoms with Crippen molar-refractivity contribution in [2.75, 3.05) is 18.1 Å². The molecule has 0 aromatic heterocycles. The van der Waals surface area contributed by atoms with Crippen molar-refractivity contribution in [1.29, 1.82) is 0 Å². The molecule has 0 aliphatic heterocycles. The van der Waals surface area contributed by atoms with Gasteiger partial charge in [0, 0.05) is 24.3 Å². The second-order valence-corrected chi connectivity index (χ2v) is 6.27. The highest BCUT2D eigenvalue weighted by Gasteiger charge is 2.28. The van der Waals surface area contributed by atoms with Crippen molar-refractivity contribution in [2.24, 2.45) is 5.92 Å². The van der Waals surface area contributed by atoms with E-state index in [4.69, 9.17) is 4.74 Å². The van der Waals surface area contributed by atoms with Crippen molar-refractivity contribution in [3.63, 3.8) is 0 Å². The first-order chi connectivity index (χ1) is 10.3. The number of hydrogen-bond acceptors (Lipinski definition) is 2. The van der Waals surface area contributed by atoms with Crippen LogP contribution in [-0.4, -0.2) is 19.2 Å². The molecule has 1 aromatic rings. The molecule has 1 saturated carbocycles. The fourth-order valence-corrected chi connectivity index (χ4v) is 3.13. The van der Waals surface area contributed by atoms with Gasteiger partial charge in [-0.25, -0.2) is 0 Å². The van der Waals surface area contributed by atoms with Crippen LogP contribution in [0.25, 0.3) is 0 Å². The quantitative estimate of drug-likeness (QED) is 0.581. The molecular weight excluding hydrogens is 258 g/mol. The van der Waals surface area contributed by atoms with Crippen molar-refractivity contribution in [2.45, 2.75) is 65.3 Å². The first-order valence-electron chi connectivity index (χ1n) is 8.77. The topological polar surface area (TPSA) is 12.5 Å². The first kappa shape index (κ1) is 16.2. The monoisotopic (exact) mass is 289 g/mol. The zero-order valence-corrected chi connectivity index (χ0v) is 14.0. The van der Waals surface area contributed by atoms with E-state index >= 15 is 0 Å². The van der Waals surface area contributed by atoms with Gasteiger partial charge in [-0.3, -0.25) is 0 Å². The van der Waals surface area contributed by atoms with Gasteiger partial charge in [0.15, 0.2) is 0 Å². The number of rotatable bonds is 10. The van der Waals surface area contributed by atoms with E-state index in [1.54, 1.807) is 0 Å². The Balaban J connectivity index is 1.93. The summed E-state index contributed by atoms with van der Waals surface area (Å²) in [5.74, 6) is 1.73. The Kier molecular flexibility index (Phi) is 6.41. The van der Waals surface area contributed by atoms with Crippen molar-refractivity contribution in [3.8, 4) is 5.75 Å². The highest BCUT2D eigenvalue weighted by atomic mass is 16.5. The predicted octanol–water partition coefficient (Wildman–Crippen LogP) is 5.27. The lowest BCUT2D eigenvalue weighted by Gasteiger charge is -2.23.